The summed E-state index contributed by atoms with van der Waals surface area (Å²) < 4.78 is 5.57. The third-order valence-electron chi connectivity index (χ3n) is 3.87. The number of aliphatic hydroxyl groups is 1. The number of hydrogen-bond donors (Lipinski definition) is 1. The first-order valence-electron chi connectivity index (χ1n) is 8.26. The SMILES string of the molecule is CC(C)=CCC/C(C)=C/C(O)C(=O)C1=C(C)C(CC=C(C)C)O1. The number of ketones is 1. The van der Waals surface area contributed by atoms with Gasteiger partial charge in [-0.05, 0) is 60.5 Å². The number of hydrogen-bond acceptors (Lipinski definition) is 3. The molecule has 3 heteroatoms. The van der Waals surface area contributed by atoms with E-state index in [2.05, 4.69) is 26.0 Å². The molecule has 23 heavy (non-hydrogen) atoms. The molecule has 2 unspecified atom stereocenters. The average molecular weight is 318 g/mol. The average Bonchev–Trinajstić information content (AvgIpc) is 2.44. The van der Waals surface area contributed by atoms with Gasteiger partial charge < -0.3 is 9.84 Å². The number of aliphatic hydroxyl groups excluding tert-OH is 1. The molecule has 0 saturated heterocycles. The van der Waals surface area contributed by atoms with Gasteiger partial charge in [0.1, 0.15) is 12.2 Å². The number of allylic oxidation sites excluding steroid dienone is 4. The molecule has 0 radical (unpaired) electrons. The molecule has 0 aromatic heterocycles. The quantitative estimate of drug-likeness (QED) is 0.663. The molecule has 0 amide bonds. The summed E-state index contributed by atoms with van der Waals surface area (Å²) in [5.41, 5.74) is 4.46. The van der Waals surface area contributed by atoms with E-state index in [1.165, 1.54) is 11.1 Å². The minimum absolute atomic E-state index is 0.0289. The zero-order valence-electron chi connectivity index (χ0n) is 15.3. The Morgan fingerprint density at radius 3 is 2.30 bits per heavy atom. The smallest absolute Gasteiger partial charge is 0.229 e. The number of carbonyl (C=O) groups is 1. The molecular formula is C20H30O3. The van der Waals surface area contributed by atoms with Gasteiger partial charge in [0, 0.05) is 12.0 Å². The lowest BCUT2D eigenvalue weighted by molar-refractivity contribution is -0.127. The van der Waals surface area contributed by atoms with Gasteiger partial charge in [-0.3, -0.25) is 4.79 Å². The van der Waals surface area contributed by atoms with Gasteiger partial charge in [-0.15, -0.1) is 0 Å². The minimum Gasteiger partial charge on any atom is -0.482 e. The van der Waals surface area contributed by atoms with Crippen molar-refractivity contribution in [1.29, 1.82) is 0 Å². The molecule has 128 valence electrons. The highest BCUT2D eigenvalue weighted by molar-refractivity contribution is 6.00. The van der Waals surface area contributed by atoms with E-state index in [-0.39, 0.29) is 11.9 Å². The van der Waals surface area contributed by atoms with Crippen LogP contribution in [0.25, 0.3) is 0 Å². The van der Waals surface area contributed by atoms with Crippen LogP contribution in [0.3, 0.4) is 0 Å². The van der Waals surface area contributed by atoms with Crippen LogP contribution in [-0.2, 0) is 9.53 Å². The highest BCUT2D eigenvalue weighted by atomic mass is 16.5. The first-order valence-corrected chi connectivity index (χ1v) is 8.26. The Labute approximate surface area is 140 Å². The van der Waals surface area contributed by atoms with Crippen LogP contribution in [0.4, 0.5) is 0 Å². The Hall–Kier alpha value is -1.61. The molecule has 3 nitrogen and oxygen atoms in total. The Morgan fingerprint density at radius 2 is 1.78 bits per heavy atom. The highest BCUT2D eigenvalue weighted by Gasteiger charge is 2.34. The van der Waals surface area contributed by atoms with Crippen LogP contribution in [-0.4, -0.2) is 23.1 Å². The molecule has 1 N–H and O–H groups in total. The summed E-state index contributed by atoms with van der Waals surface area (Å²) in [5, 5.41) is 10.1. The van der Waals surface area contributed by atoms with E-state index in [1.807, 2.05) is 27.7 Å². The molecular weight excluding hydrogens is 288 g/mol. The van der Waals surface area contributed by atoms with E-state index in [9.17, 15) is 9.90 Å². The summed E-state index contributed by atoms with van der Waals surface area (Å²) in [6.07, 6.45) is 7.29. The van der Waals surface area contributed by atoms with Crippen LogP contribution < -0.4 is 0 Å². The Kier molecular flexibility index (Phi) is 7.50. The molecule has 0 aromatic carbocycles. The van der Waals surface area contributed by atoms with Crippen molar-refractivity contribution in [1.82, 2.24) is 0 Å². The fourth-order valence-electron chi connectivity index (χ4n) is 2.38. The van der Waals surface area contributed by atoms with E-state index >= 15 is 0 Å². The Bertz CT molecular complexity index is 553. The molecule has 0 saturated carbocycles. The van der Waals surface area contributed by atoms with E-state index in [1.54, 1.807) is 6.08 Å². The molecule has 1 heterocycles. The molecule has 0 aromatic rings. The lowest BCUT2D eigenvalue weighted by Gasteiger charge is -2.31. The highest BCUT2D eigenvalue weighted by Crippen LogP contribution is 2.31. The molecule has 1 aliphatic heterocycles. The molecule has 1 aliphatic rings. The van der Waals surface area contributed by atoms with E-state index < -0.39 is 6.10 Å². The second-order valence-electron chi connectivity index (χ2n) is 6.78. The second kappa shape index (κ2) is 8.88. The molecule has 0 spiro atoms. The molecule has 0 fully saturated rings. The van der Waals surface area contributed by atoms with Crippen LogP contribution in [0.5, 0.6) is 0 Å². The Balaban J connectivity index is 2.60. The monoisotopic (exact) mass is 318 g/mol. The fraction of sp³-hybridized carbons (Fsp3) is 0.550. The van der Waals surface area contributed by atoms with Crippen molar-refractivity contribution in [3.8, 4) is 0 Å². The predicted octanol–water partition coefficient (Wildman–Crippen LogP) is 4.64. The van der Waals surface area contributed by atoms with Gasteiger partial charge in [0.2, 0.25) is 5.78 Å². The van der Waals surface area contributed by atoms with Gasteiger partial charge in [0.25, 0.3) is 0 Å². The maximum atomic E-state index is 12.2. The van der Waals surface area contributed by atoms with E-state index in [0.29, 0.717) is 5.76 Å². The van der Waals surface area contributed by atoms with Gasteiger partial charge in [-0.1, -0.05) is 28.9 Å². The summed E-state index contributed by atoms with van der Waals surface area (Å²) in [5.74, 6) is -0.00415. The maximum absolute atomic E-state index is 12.2. The van der Waals surface area contributed by atoms with Gasteiger partial charge in [-0.25, -0.2) is 0 Å². The summed E-state index contributed by atoms with van der Waals surface area (Å²) >= 11 is 0. The third-order valence-corrected chi connectivity index (χ3v) is 3.87. The van der Waals surface area contributed by atoms with E-state index in [4.69, 9.17) is 4.74 Å². The zero-order valence-corrected chi connectivity index (χ0v) is 15.3. The zero-order chi connectivity index (χ0) is 17.6. The normalized spacial score (nSPS) is 18.7. The first-order chi connectivity index (χ1) is 10.7. The van der Waals surface area contributed by atoms with Crippen molar-refractivity contribution >= 4 is 5.78 Å². The predicted molar refractivity (Wildman–Crippen MR) is 95.1 cm³/mol. The van der Waals surface area contributed by atoms with Crippen molar-refractivity contribution in [2.45, 2.75) is 73.0 Å². The molecule has 1 rings (SSSR count). The topological polar surface area (TPSA) is 46.5 Å². The van der Waals surface area contributed by atoms with Crippen molar-refractivity contribution in [2.24, 2.45) is 0 Å². The van der Waals surface area contributed by atoms with Crippen LogP contribution in [0, 0.1) is 0 Å². The summed E-state index contributed by atoms with van der Waals surface area (Å²) in [6.45, 7) is 12.0. The lowest BCUT2D eigenvalue weighted by Crippen LogP contribution is -2.34. The van der Waals surface area contributed by atoms with Gasteiger partial charge in [-0.2, -0.15) is 0 Å². The Morgan fingerprint density at radius 1 is 1.17 bits per heavy atom. The van der Waals surface area contributed by atoms with Crippen molar-refractivity contribution in [3.05, 3.63) is 46.3 Å². The molecule has 2 atom stereocenters. The summed E-state index contributed by atoms with van der Waals surface area (Å²) in [4.78, 5) is 12.2. The van der Waals surface area contributed by atoms with Crippen molar-refractivity contribution in [2.75, 3.05) is 0 Å². The standard InChI is InChI=1S/C20H30O3/c1-13(2)8-7-9-15(5)12-17(21)19(22)20-16(6)18(23-20)11-10-14(3)4/h8,10,12,17-18,21H,7,9,11H2,1-6H3/b15-12+. The second-order valence-corrected chi connectivity index (χ2v) is 6.78. The van der Waals surface area contributed by atoms with Crippen molar-refractivity contribution < 1.29 is 14.6 Å². The lowest BCUT2D eigenvalue weighted by atomic mass is 9.96. The van der Waals surface area contributed by atoms with Crippen LogP contribution in [0.1, 0.15) is 60.8 Å². The van der Waals surface area contributed by atoms with Crippen LogP contribution in [0.2, 0.25) is 0 Å². The van der Waals surface area contributed by atoms with Crippen molar-refractivity contribution in [3.63, 3.8) is 0 Å². The third kappa shape index (κ3) is 6.19. The largest absolute Gasteiger partial charge is 0.482 e. The first kappa shape index (κ1) is 19.4. The maximum Gasteiger partial charge on any atom is 0.229 e. The van der Waals surface area contributed by atoms with Gasteiger partial charge >= 0.3 is 0 Å². The van der Waals surface area contributed by atoms with Crippen LogP contribution >= 0.6 is 0 Å². The molecule has 0 bridgehead atoms. The summed E-state index contributed by atoms with van der Waals surface area (Å²) in [7, 11) is 0. The summed E-state index contributed by atoms with van der Waals surface area (Å²) in [6, 6.07) is 0. The fourth-order valence-corrected chi connectivity index (χ4v) is 2.38. The number of carbonyl (C=O) groups excluding carboxylic acids is 1. The number of ether oxygens (including phenoxy) is 1. The van der Waals surface area contributed by atoms with Gasteiger partial charge in [0.05, 0.1) is 0 Å². The van der Waals surface area contributed by atoms with E-state index in [0.717, 1.165) is 30.4 Å². The van der Waals surface area contributed by atoms with Gasteiger partial charge in [0.15, 0.2) is 5.76 Å². The minimum atomic E-state index is -1.11. The number of rotatable bonds is 8. The number of Topliss-reactive ketones (excluding diaryl/α,β-unsaturated/α-hetero) is 1. The molecule has 0 aliphatic carbocycles. The van der Waals surface area contributed by atoms with Crippen LogP contribution in [0.15, 0.2) is 46.3 Å².